The summed E-state index contributed by atoms with van der Waals surface area (Å²) in [6, 6.07) is 2.69. The number of ether oxygens (including phenoxy) is 4. The number of piperidine rings is 1. The second kappa shape index (κ2) is 10.4. The molecule has 0 bridgehead atoms. The van der Waals surface area contributed by atoms with Crippen molar-refractivity contribution >= 4 is 23.9 Å². The average Bonchev–Trinajstić information content (AvgIpc) is 2.74. The molecule has 158 valence electrons. The van der Waals surface area contributed by atoms with Gasteiger partial charge in [0, 0.05) is 12.6 Å². The summed E-state index contributed by atoms with van der Waals surface area (Å²) in [5, 5.41) is 0. The zero-order chi connectivity index (χ0) is 21.4. The van der Waals surface area contributed by atoms with Crippen LogP contribution >= 0.6 is 0 Å². The van der Waals surface area contributed by atoms with Gasteiger partial charge in [0.1, 0.15) is 6.04 Å². The molecule has 2 N–H and O–H groups in total. The van der Waals surface area contributed by atoms with Crippen molar-refractivity contribution in [3.8, 4) is 17.2 Å². The molecule has 0 unspecified atom stereocenters. The molecule has 9 heteroatoms. The Morgan fingerprint density at radius 3 is 2.31 bits per heavy atom. The maximum absolute atomic E-state index is 12.3. The lowest BCUT2D eigenvalue weighted by atomic mass is 10.0. The number of carbonyl (C=O) groups excluding carboxylic acids is 3. The second-order valence-electron chi connectivity index (χ2n) is 6.40. The van der Waals surface area contributed by atoms with Crippen molar-refractivity contribution < 1.29 is 33.3 Å². The first-order valence-electron chi connectivity index (χ1n) is 9.14. The van der Waals surface area contributed by atoms with Crippen molar-refractivity contribution in [3.05, 3.63) is 23.8 Å². The Kier molecular flexibility index (Phi) is 7.88. The third-order valence-electron chi connectivity index (χ3n) is 4.59. The Bertz CT molecular complexity index is 766. The Labute approximate surface area is 169 Å². The molecule has 2 amide bonds. The highest BCUT2D eigenvalue weighted by Gasteiger charge is 2.30. The summed E-state index contributed by atoms with van der Waals surface area (Å²) in [4.78, 5) is 37.2. The van der Waals surface area contributed by atoms with Crippen molar-refractivity contribution in [1.82, 2.24) is 4.90 Å². The molecule has 0 saturated carbocycles. The molecular weight excluding hydrogens is 380 g/mol. The number of amides is 2. The molecule has 1 fully saturated rings. The van der Waals surface area contributed by atoms with Gasteiger partial charge in [0.05, 0.1) is 21.3 Å². The maximum Gasteiger partial charge on any atom is 0.331 e. The molecule has 2 rings (SSSR count). The Morgan fingerprint density at radius 1 is 1.10 bits per heavy atom. The molecule has 1 aromatic carbocycles. The van der Waals surface area contributed by atoms with E-state index >= 15 is 0 Å². The van der Waals surface area contributed by atoms with Gasteiger partial charge in [-0.25, -0.2) is 4.79 Å². The second-order valence-corrected chi connectivity index (χ2v) is 6.40. The molecule has 1 atom stereocenters. The van der Waals surface area contributed by atoms with E-state index in [9.17, 15) is 14.4 Å². The van der Waals surface area contributed by atoms with Gasteiger partial charge in [-0.05, 0) is 43.0 Å². The summed E-state index contributed by atoms with van der Waals surface area (Å²) in [6.45, 7) is -0.0343. The SMILES string of the molecule is COc1cc(/C=C/C(=O)OCC(=O)N2CCCC[C@H]2C(N)=O)cc(OC)c1OC. The number of primary amides is 1. The number of hydrogen-bond acceptors (Lipinski definition) is 7. The van der Waals surface area contributed by atoms with Crippen LogP contribution in [0.4, 0.5) is 0 Å². The zero-order valence-electron chi connectivity index (χ0n) is 16.8. The first kappa shape index (κ1) is 22.1. The van der Waals surface area contributed by atoms with E-state index in [1.807, 2.05) is 0 Å². The van der Waals surface area contributed by atoms with E-state index in [-0.39, 0.29) is 0 Å². The molecule has 0 aliphatic carbocycles. The van der Waals surface area contributed by atoms with Crippen LogP contribution in [0.1, 0.15) is 24.8 Å². The van der Waals surface area contributed by atoms with Crippen molar-refractivity contribution in [3.63, 3.8) is 0 Å². The normalized spacial score (nSPS) is 16.4. The minimum Gasteiger partial charge on any atom is -0.493 e. The van der Waals surface area contributed by atoms with Gasteiger partial charge >= 0.3 is 5.97 Å². The molecule has 9 nitrogen and oxygen atoms in total. The van der Waals surface area contributed by atoms with Crippen molar-refractivity contribution in [2.24, 2.45) is 5.73 Å². The topological polar surface area (TPSA) is 117 Å². The number of nitrogens with two attached hydrogens (primary N) is 1. The number of rotatable bonds is 8. The van der Waals surface area contributed by atoms with Crippen LogP contribution in [0.5, 0.6) is 17.2 Å². The molecule has 1 aromatic rings. The minimum atomic E-state index is -0.695. The van der Waals surface area contributed by atoms with E-state index in [0.29, 0.717) is 35.8 Å². The highest BCUT2D eigenvalue weighted by Crippen LogP contribution is 2.38. The molecule has 1 saturated heterocycles. The first-order chi connectivity index (χ1) is 13.9. The summed E-state index contributed by atoms with van der Waals surface area (Å²) >= 11 is 0. The summed E-state index contributed by atoms with van der Waals surface area (Å²) in [5.41, 5.74) is 5.97. The highest BCUT2D eigenvalue weighted by molar-refractivity contribution is 5.91. The van der Waals surface area contributed by atoms with Gasteiger partial charge in [-0.15, -0.1) is 0 Å². The van der Waals surface area contributed by atoms with Gasteiger partial charge in [-0.2, -0.15) is 0 Å². The number of hydrogen-bond donors (Lipinski definition) is 1. The van der Waals surface area contributed by atoms with E-state index in [1.165, 1.54) is 38.4 Å². The van der Waals surface area contributed by atoms with Crippen molar-refractivity contribution in [2.45, 2.75) is 25.3 Å². The van der Waals surface area contributed by atoms with E-state index in [4.69, 9.17) is 24.7 Å². The number of benzene rings is 1. The van der Waals surface area contributed by atoms with Crippen LogP contribution in [0.15, 0.2) is 18.2 Å². The number of carbonyl (C=O) groups is 3. The molecule has 0 aromatic heterocycles. The van der Waals surface area contributed by atoms with Gasteiger partial charge < -0.3 is 29.6 Å². The highest BCUT2D eigenvalue weighted by atomic mass is 16.5. The fourth-order valence-electron chi connectivity index (χ4n) is 3.15. The standard InChI is InChI=1S/C20H26N2O7/c1-26-15-10-13(11-16(27-2)19(15)28-3)7-8-18(24)29-12-17(23)22-9-5-4-6-14(22)20(21)25/h7-8,10-11,14H,4-6,9,12H2,1-3H3,(H2,21,25)/b8-7+/t14-/m0/s1. The predicted octanol–water partition coefficient (Wildman–Crippen LogP) is 1.14. The molecule has 0 spiro atoms. The first-order valence-corrected chi connectivity index (χ1v) is 9.14. The Morgan fingerprint density at radius 2 is 1.76 bits per heavy atom. The number of methoxy groups -OCH3 is 3. The van der Waals surface area contributed by atoms with Crippen LogP contribution in [0.3, 0.4) is 0 Å². The van der Waals surface area contributed by atoms with Gasteiger partial charge in [-0.1, -0.05) is 0 Å². The van der Waals surface area contributed by atoms with Crippen LogP contribution in [0.2, 0.25) is 0 Å². The lowest BCUT2D eigenvalue weighted by Crippen LogP contribution is -2.51. The summed E-state index contributed by atoms with van der Waals surface area (Å²) in [5.74, 6) is -0.365. The van der Waals surface area contributed by atoms with Crippen LogP contribution in [0.25, 0.3) is 6.08 Å². The fourth-order valence-corrected chi connectivity index (χ4v) is 3.15. The third-order valence-corrected chi connectivity index (χ3v) is 4.59. The average molecular weight is 406 g/mol. The predicted molar refractivity (Wildman–Crippen MR) is 105 cm³/mol. The van der Waals surface area contributed by atoms with Crippen LogP contribution in [-0.2, 0) is 19.1 Å². The summed E-state index contributed by atoms with van der Waals surface area (Å²) < 4.78 is 20.8. The van der Waals surface area contributed by atoms with Gasteiger partial charge in [-0.3, -0.25) is 9.59 Å². The minimum absolute atomic E-state index is 0.422. The summed E-state index contributed by atoms with van der Waals surface area (Å²) in [6.07, 6.45) is 4.83. The molecule has 1 aliphatic rings. The van der Waals surface area contributed by atoms with E-state index in [0.717, 1.165) is 12.8 Å². The van der Waals surface area contributed by atoms with Crippen LogP contribution in [0, 0.1) is 0 Å². The third kappa shape index (κ3) is 5.63. The van der Waals surface area contributed by atoms with Crippen molar-refractivity contribution in [2.75, 3.05) is 34.5 Å². The van der Waals surface area contributed by atoms with Gasteiger partial charge in [0.15, 0.2) is 18.1 Å². The van der Waals surface area contributed by atoms with Crippen LogP contribution < -0.4 is 19.9 Å². The largest absolute Gasteiger partial charge is 0.493 e. The zero-order valence-corrected chi connectivity index (χ0v) is 16.8. The Hall–Kier alpha value is -3.23. The molecular formula is C20H26N2O7. The van der Waals surface area contributed by atoms with E-state index in [1.54, 1.807) is 12.1 Å². The lowest BCUT2D eigenvalue weighted by molar-refractivity contribution is -0.151. The molecule has 1 heterocycles. The van der Waals surface area contributed by atoms with E-state index < -0.39 is 30.4 Å². The molecule has 1 aliphatic heterocycles. The number of nitrogens with zero attached hydrogens (tertiary/aromatic N) is 1. The quantitative estimate of drug-likeness (QED) is 0.508. The number of likely N-dealkylation sites (tertiary alicyclic amines) is 1. The van der Waals surface area contributed by atoms with E-state index in [2.05, 4.69) is 0 Å². The summed E-state index contributed by atoms with van der Waals surface area (Å²) in [7, 11) is 4.48. The molecule has 0 radical (unpaired) electrons. The molecule has 29 heavy (non-hydrogen) atoms. The maximum atomic E-state index is 12.3. The van der Waals surface area contributed by atoms with Gasteiger partial charge in [0.25, 0.3) is 5.91 Å². The Balaban J connectivity index is 1.99. The van der Waals surface area contributed by atoms with Crippen molar-refractivity contribution in [1.29, 1.82) is 0 Å². The van der Waals surface area contributed by atoms with Gasteiger partial charge in [0.2, 0.25) is 11.7 Å². The smallest absolute Gasteiger partial charge is 0.331 e. The lowest BCUT2D eigenvalue weighted by Gasteiger charge is -2.33. The number of esters is 1. The fraction of sp³-hybridized carbons (Fsp3) is 0.450. The van der Waals surface area contributed by atoms with Crippen LogP contribution in [-0.4, -0.2) is 63.2 Å². The monoisotopic (exact) mass is 406 g/mol.